The lowest BCUT2D eigenvalue weighted by molar-refractivity contribution is -0.137. The molecule has 0 aliphatic heterocycles. The van der Waals surface area contributed by atoms with E-state index in [1.807, 2.05) is 58.9 Å². The minimum atomic E-state index is -0.0696. The molecule has 5 heteroatoms. The van der Waals surface area contributed by atoms with E-state index in [1.165, 1.54) is 6.08 Å². The molecule has 0 saturated carbocycles. The van der Waals surface area contributed by atoms with Gasteiger partial charge in [0.2, 0.25) is 0 Å². The topological polar surface area (TPSA) is 55.8 Å². The van der Waals surface area contributed by atoms with Crippen LogP contribution in [0.2, 0.25) is 0 Å². The van der Waals surface area contributed by atoms with Gasteiger partial charge in [0.15, 0.2) is 23.9 Å². The van der Waals surface area contributed by atoms with Crippen LogP contribution in [0.25, 0.3) is 6.08 Å². The summed E-state index contributed by atoms with van der Waals surface area (Å²) in [6, 6.07) is 14.7. The summed E-state index contributed by atoms with van der Waals surface area (Å²) >= 11 is 0. The number of carbonyl (C=O) groups excluding carboxylic acids is 2. The quantitative estimate of drug-likeness (QED) is 0.409. The first-order chi connectivity index (χ1) is 14.3. The molecular formula is C25H31NO4. The van der Waals surface area contributed by atoms with Crippen LogP contribution >= 0.6 is 0 Å². The summed E-state index contributed by atoms with van der Waals surface area (Å²) in [6.45, 7) is 10.2. The second-order valence-corrected chi connectivity index (χ2v) is 7.48. The summed E-state index contributed by atoms with van der Waals surface area (Å²) in [5.74, 6) is 0.909. The molecule has 30 heavy (non-hydrogen) atoms. The van der Waals surface area contributed by atoms with Crippen LogP contribution < -0.4 is 9.47 Å². The number of carbonyl (C=O) groups is 2. The highest BCUT2D eigenvalue weighted by Crippen LogP contribution is 2.29. The second-order valence-electron chi connectivity index (χ2n) is 7.48. The van der Waals surface area contributed by atoms with Crippen molar-refractivity contribution in [3.63, 3.8) is 0 Å². The largest absolute Gasteiger partial charge is 0.490 e. The van der Waals surface area contributed by atoms with Crippen molar-refractivity contribution in [1.29, 1.82) is 0 Å². The fourth-order valence-electron chi connectivity index (χ4n) is 3.27. The number of benzene rings is 2. The molecule has 160 valence electrons. The van der Waals surface area contributed by atoms with Crippen LogP contribution in [0.3, 0.4) is 0 Å². The Labute approximate surface area is 179 Å². The number of nitrogens with zero attached hydrogens (tertiary/aromatic N) is 1. The van der Waals surface area contributed by atoms with Crippen LogP contribution in [-0.4, -0.2) is 41.9 Å². The highest BCUT2D eigenvalue weighted by Gasteiger charge is 2.21. The van der Waals surface area contributed by atoms with Gasteiger partial charge >= 0.3 is 0 Å². The fraction of sp³-hybridized carbons (Fsp3) is 0.360. The molecule has 0 N–H and O–H groups in total. The van der Waals surface area contributed by atoms with E-state index >= 15 is 0 Å². The lowest BCUT2D eigenvalue weighted by atomic mass is 10.1. The molecule has 0 spiro atoms. The monoisotopic (exact) mass is 409 g/mol. The summed E-state index contributed by atoms with van der Waals surface area (Å²) in [6.07, 6.45) is 3.28. The number of ether oxygens (including phenoxy) is 2. The van der Waals surface area contributed by atoms with E-state index in [0.717, 1.165) is 5.56 Å². The first kappa shape index (κ1) is 23.2. The molecule has 0 heterocycles. The Kier molecular flexibility index (Phi) is 8.66. The van der Waals surface area contributed by atoms with E-state index in [-0.39, 0.29) is 30.4 Å². The van der Waals surface area contributed by atoms with Gasteiger partial charge in [-0.05, 0) is 58.4 Å². The molecule has 0 atom stereocenters. The number of rotatable bonds is 10. The van der Waals surface area contributed by atoms with Gasteiger partial charge in [0, 0.05) is 17.6 Å². The maximum Gasteiger partial charge on any atom is 0.260 e. The standard InChI is InChI=1S/C25H31NO4/c1-6-29-24-16-20(12-14-22(27)21-10-8-7-9-11-21)13-15-23(24)30-17-25(28)26(18(2)3)19(4)5/h7-16,18-19H,6,17H2,1-5H3/b14-12+. The fourth-order valence-corrected chi connectivity index (χ4v) is 3.27. The van der Waals surface area contributed by atoms with E-state index < -0.39 is 0 Å². The van der Waals surface area contributed by atoms with Crippen LogP contribution in [0.1, 0.15) is 50.5 Å². The molecule has 1 amide bonds. The van der Waals surface area contributed by atoms with Gasteiger partial charge < -0.3 is 14.4 Å². The first-order valence-corrected chi connectivity index (χ1v) is 10.3. The first-order valence-electron chi connectivity index (χ1n) is 10.3. The summed E-state index contributed by atoms with van der Waals surface area (Å²) < 4.78 is 11.5. The Morgan fingerprint density at radius 2 is 1.60 bits per heavy atom. The van der Waals surface area contributed by atoms with Crippen molar-refractivity contribution in [2.75, 3.05) is 13.2 Å². The van der Waals surface area contributed by atoms with Gasteiger partial charge in [-0.1, -0.05) is 42.5 Å². The van der Waals surface area contributed by atoms with Crippen molar-refractivity contribution in [1.82, 2.24) is 4.90 Å². The van der Waals surface area contributed by atoms with Gasteiger partial charge in [0.25, 0.3) is 5.91 Å². The predicted octanol–water partition coefficient (Wildman–Crippen LogP) is 5.01. The third kappa shape index (κ3) is 6.48. The molecule has 0 bridgehead atoms. The summed E-state index contributed by atoms with van der Waals surface area (Å²) in [4.78, 5) is 26.6. The number of hydrogen-bond acceptors (Lipinski definition) is 4. The van der Waals surface area contributed by atoms with E-state index in [9.17, 15) is 9.59 Å². The molecule has 0 unspecified atom stereocenters. The van der Waals surface area contributed by atoms with Gasteiger partial charge in [-0.3, -0.25) is 9.59 Å². The van der Waals surface area contributed by atoms with Crippen LogP contribution in [0.5, 0.6) is 11.5 Å². The Morgan fingerprint density at radius 1 is 0.933 bits per heavy atom. The molecule has 0 aromatic heterocycles. The Morgan fingerprint density at radius 3 is 2.20 bits per heavy atom. The van der Waals surface area contributed by atoms with Crippen molar-refractivity contribution in [3.8, 4) is 11.5 Å². The highest BCUT2D eigenvalue weighted by atomic mass is 16.5. The summed E-state index contributed by atoms with van der Waals surface area (Å²) in [7, 11) is 0. The van der Waals surface area contributed by atoms with Crippen molar-refractivity contribution in [3.05, 3.63) is 65.7 Å². The lowest BCUT2D eigenvalue weighted by Crippen LogP contribution is -2.44. The van der Waals surface area contributed by atoms with Crippen molar-refractivity contribution < 1.29 is 19.1 Å². The average molecular weight is 410 g/mol. The molecular weight excluding hydrogens is 378 g/mol. The average Bonchev–Trinajstić information content (AvgIpc) is 2.71. The second kappa shape index (κ2) is 11.2. The SMILES string of the molecule is CCOc1cc(/C=C/C(=O)c2ccccc2)ccc1OCC(=O)N(C(C)C)C(C)C. The normalized spacial score (nSPS) is 11.2. The molecule has 0 aliphatic carbocycles. The zero-order valence-corrected chi connectivity index (χ0v) is 18.4. The predicted molar refractivity (Wildman–Crippen MR) is 120 cm³/mol. The van der Waals surface area contributed by atoms with Gasteiger partial charge in [-0.15, -0.1) is 0 Å². The number of ketones is 1. The van der Waals surface area contributed by atoms with Gasteiger partial charge in [0.1, 0.15) is 0 Å². The number of allylic oxidation sites excluding steroid dienone is 1. The minimum absolute atomic E-state index is 0.0574. The minimum Gasteiger partial charge on any atom is -0.490 e. The van der Waals surface area contributed by atoms with Crippen LogP contribution in [0, 0.1) is 0 Å². The van der Waals surface area contributed by atoms with Crippen molar-refractivity contribution in [2.45, 2.75) is 46.7 Å². The molecule has 0 radical (unpaired) electrons. The molecule has 0 aliphatic rings. The zero-order valence-electron chi connectivity index (χ0n) is 18.4. The van der Waals surface area contributed by atoms with Crippen LogP contribution in [0.4, 0.5) is 0 Å². The summed E-state index contributed by atoms with van der Waals surface area (Å²) in [5, 5.41) is 0. The van der Waals surface area contributed by atoms with Gasteiger partial charge in [0.05, 0.1) is 6.61 Å². The van der Waals surface area contributed by atoms with Crippen molar-refractivity contribution >= 4 is 17.8 Å². The molecule has 2 aromatic rings. The molecule has 0 saturated heterocycles. The van der Waals surface area contributed by atoms with E-state index in [4.69, 9.17) is 9.47 Å². The van der Waals surface area contributed by atoms with E-state index in [1.54, 1.807) is 35.2 Å². The van der Waals surface area contributed by atoms with E-state index in [2.05, 4.69) is 0 Å². The Bertz CT molecular complexity index is 864. The third-order valence-electron chi connectivity index (χ3n) is 4.50. The van der Waals surface area contributed by atoms with Crippen LogP contribution in [-0.2, 0) is 4.79 Å². The maximum absolute atomic E-state index is 12.6. The van der Waals surface area contributed by atoms with E-state index in [0.29, 0.717) is 23.7 Å². The number of hydrogen-bond donors (Lipinski definition) is 0. The summed E-state index contributed by atoms with van der Waals surface area (Å²) in [5.41, 5.74) is 1.45. The van der Waals surface area contributed by atoms with Crippen molar-refractivity contribution in [2.24, 2.45) is 0 Å². The third-order valence-corrected chi connectivity index (χ3v) is 4.50. The van der Waals surface area contributed by atoms with Gasteiger partial charge in [-0.2, -0.15) is 0 Å². The zero-order chi connectivity index (χ0) is 22.1. The Hall–Kier alpha value is -3.08. The molecule has 0 fully saturated rings. The van der Waals surface area contributed by atoms with Crippen LogP contribution in [0.15, 0.2) is 54.6 Å². The smallest absolute Gasteiger partial charge is 0.260 e. The highest BCUT2D eigenvalue weighted by molar-refractivity contribution is 6.06. The molecule has 5 nitrogen and oxygen atoms in total. The van der Waals surface area contributed by atoms with Gasteiger partial charge in [-0.25, -0.2) is 0 Å². The molecule has 2 rings (SSSR count). The lowest BCUT2D eigenvalue weighted by Gasteiger charge is -2.30. The Balaban J connectivity index is 2.12. The molecule has 2 aromatic carbocycles. The number of amides is 1. The maximum atomic E-state index is 12.6.